The predicted octanol–water partition coefficient (Wildman–Crippen LogP) is 2.44. The van der Waals surface area contributed by atoms with Crippen molar-refractivity contribution >= 4 is 17.5 Å². The van der Waals surface area contributed by atoms with E-state index in [-0.39, 0.29) is 17.4 Å². The van der Waals surface area contributed by atoms with Gasteiger partial charge >= 0.3 is 0 Å². The molecule has 118 valence electrons. The zero-order valence-corrected chi connectivity index (χ0v) is 13.9. The summed E-state index contributed by atoms with van der Waals surface area (Å²) in [5.74, 6) is -0.210. The van der Waals surface area contributed by atoms with Crippen LogP contribution in [0.5, 0.6) is 0 Å². The number of halogens is 1. The summed E-state index contributed by atoms with van der Waals surface area (Å²) in [6, 6.07) is 1.49. The Balaban J connectivity index is 1.97. The normalized spacial score (nSPS) is 13.0. The van der Waals surface area contributed by atoms with Crippen molar-refractivity contribution in [3.63, 3.8) is 0 Å². The second kappa shape index (κ2) is 6.44. The van der Waals surface area contributed by atoms with Gasteiger partial charge in [0.1, 0.15) is 0 Å². The van der Waals surface area contributed by atoms with E-state index in [2.05, 4.69) is 41.4 Å². The molecular weight excluding hydrogens is 302 g/mol. The van der Waals surface area contributed by atoms with E-state index in [0.717, 1.165) is 5.69 Å². The van der Waals surface area contributed by atoms with Crippen molar-refractivity contribution in [1.29, 1.82) is 0 Å². The van der Waals surface area contributed by atoms with Gasteiger partial charge in [0.15, 0.2) is 0 Å². The SMILES string of the molecule is C[C@@H](Cn1cc(C(C)(C)C)nn1)NC(=O)c1cncc(Cl)c1. The Morgan fingerprint density at radius 2 is 2.14 bits per heavy atom. The lowest BCUT2D eigenvalue weighted by atomic mass is 9.93. The lowest BCUT2D eigenvalue weighted by Crippen LogP contribution is -2.35. The Bertz CT molecular complexity index is 662. The van der Waals surface area contributed by atoms with Gasteiger partial charge in [0.25, 0.3) is 5.91 Å². The van der Waals surface area contributed by atoms with E-state index < -0.39 is 0 Å². The Hall–Kier alpha value is -1.95. The van der Waals surface area contributed by atoms with Gasteiger partial charge in [-0.3, -0.25) is 14.5 Å². The molecule has 0 aromatic carbocycles. The molecule has 2 heterocycles. The third-order valence-electron chi connectivity index (χ3n) is 3.11. The molecule has 2 rings (SSSR count). The number of amides is 1. The van der Waals surface area contributed by atoms with Gasteiger partial charge in [0, 0.05) is 30.0 Å². The van der Waals surface area contributed by atoms with Gasteiger partial charge in [-0.15, -0.1) is 5.10 Å². The molecule has 0 unspecified atom stereocenters. The average Bonchev–Trinajstić information content (AvgIpc) is 2.87. The van der Waals surface area contributed by atoms with Crippen LogP contribution in [0.4, 0.5) is 0 Å². The molecule has 7 heteroatoms. The smallest absolute Gasteiger partial charge is 0.253 e. The van der Waals surface area contributed by atoms with Crippen LogP contribution in [0.25, 0.3) is 0 Å². The molecule has 2 aromatic rings. The standard InChI is InChI=1S/C15H20ClN5O/c1-10(8-21-9-13(19-20-21)15(2,3)4)18-14(22)11-5-12(16)7-17-6-11/h5-7,9-10H,8H2,1-4H3,(H,18,22)/t10-/m0/s1. The highest BCUT2D eigenvalue weighted by molar-refractivity contribution is 6.30. The van der Waals surface area contributed by atoms with Gasteiger partial charge in [-0.05, 0) is 13.0 Å². The highest BCUT2D eigenvalue weighted by Crippen LogP contribution is 2.18. The van der Waals surface area contributed by atoms with Gasteiger partial charge in [-0.2, -0.15) is 0 Å². The number of aromatic nitrogens is 4. The molecule has 22 heavy (non-hydrogen) atoms. The Labute approximate surface area is 134 Å². The highest BCUT2D eigenvalue weighted by Gasteiger charge is 2.18. The van der Waals surface area contributed by atoms with Crippen LogP contribution in [0.1, 0.15) is 43.7 Å². The van der Waals surface area contributed by atoms with Crippen molar-refractivity contribution in [3.8, 4) is 0 Å². The molecule has 0 fully saturated rings. The number of pyridine rings is 1. The van der Waals surface area contributed by atoms with Crippen LogP contribution in [0.3, 0.4) is 0 Å². The second-order valence-corrected chi connectivity index (χ2v) is 6.78. The summed E-state index contributed by atoms with van der Waals surface area (Å²) < 4.78 is 1.74. The maximum absolute atomic E-state index is 12.1. The molecule has 1 N–H and O–H groups in total. The lowest BCUT2D eigenvalue weighted by Gasteiger charge is -2.14. The quantitative estimate of drug-likeness (QED) is 0.938. The monoisotopic (exact) mass is 321 g/mol. The molecule has 1 amide bonds. The van der Waals surface area contributed by atoms with Crippen molar-refractivity contribution in [3.05, 3.63) is 40.9 Å². The average molecular weight is 322 g/mol. The van der Waals surface area contributed by atoms with Crippen molar-refractivity contribution in [2.24, 2.45) is 0 Å². The first-order chi connectivity index (χ1) is 10.3. The maximum Gasteiger partial charge on any atom is 0.253 e. The fraction of sp³-hybridized carbons (Fsp3) is 0.467. The third-order valence-corrected chi connectivity index (χ3v) is 3.32. The van der Waals surface area contributed by atoms with Crippen LogP contribution in [-0.4, -0.2) is 31.9 Å². The van der Waals surface area contributed by atoms with E-state index in [1.165, 1.54) is 12.4 Å². The molecule has 1 atom stereocenters. The topological polar surface area (TPSA) is 72.7 Å². The van der Waals surface area contributed by atoms with Crippen LogP contribution in [-0.2, 0) is 12.0 Å². The molecule has 0 spiro atoms. The van der Waals surface area contributed by atoms with E-state index in [1.54, 1.807) is 10.7 Å². The van der Waals surface area contributed by atoms with Crippen LogP contribution in [0.15, 0.2) is 24.7 Å². The highest BCUT2D eigenvalue weighted by atomic mass is 35.5. The molecule has 2 aromatic heterocycles. The van der Waals surface area contributed by atoms with Crippen molar-refractivity contribution in [2.75, 3.05) is 0 Å². The number of hydrogen-bond donors (Lipinski definition) is 1. The number of rotatable bonds is 4. The Morgan fingerprint density at radius 3 is 2.73 bits per heavy atom. The first-order valence-corrected chi connectivity index (χ1v) is 7.45. The minimum atomic E-state index is -0.210. The molecule has 0 aliphatic rings. The summed E-state index contributed by atoms with van der Waals surface area (Å²) in [5.41, 5.74) is 1.32. The fourth-order valence-corrected chi connectivity index (χ4v) is 2.07. The van der Waals surface area contributed by atoms with Crippen molar-refractivity contribution in [1.82, 2.24) is 25.3 Å². The Kier molecular flexibility index (Phi) is 4.81. The van der Waals surface area contributed by atoms with Crippen LogP contribution < -0.4 is 5.32 Å². The van der Waals surface area contributed by atoms with Crippen LogP contribution in [0.2, 0.25) is 5.02 Å². The van der Waals surface area contributed by atoms with Gasteiger partial charge in [-0.25, -0.2) is 0 Å². The summed E-state index contributed by atoms with van der Waals surface area (Å²) in [4.78, 5) is 16.0. The number of hydrogen-bond acceptors (Lipinski definition) is 4. The van der Waals surface area contributed by atoms with Crippen molar-refractivity contribution in [2.45, 2.75) is 45.7 Å². The minimum Gasteiger partial charge on any atom is -0.348 e. The van der Waals surface area contributed by atoms with Crippen LogP contribution in [0, 0.1) is 0 Å². The molecule has 6 nitrogen and oxygen atoms in total. The van der Waals surface area contributed by atoms with E-state index in [1.807, 2.05) is 13.1 Å². The fourth-order valence-electron chi connectivity index (χ4n) is 1.90. The second-order valence-electron chi connectivity index (χ2n) is 6.34. The van der Waals surface area contributed by atoms with Crippen LogP contribution >= 0.6 is 11.6 Å². The molecular formula is C15H20ClN5O. The number of nitrogens with one attached hydrogen (secondary N) is 1. The summed E-state index contributed by atoms with van der Waals surface area (Å²) in [6.07, 6.45) is 4.88. The lowest BCUT2D eigenvalue weighted by molar-refractivity contribution is 0.0935. The summed E-state index contributed by atoms with van der Waals surface area (Å²) in [5, 5.41) is 11.6. The van der Waals surface area contributed by atoms with Gasteiger partial charge < -0.3 is 5.32 Å². The molecule has 0 saturated carbocycles. The van der Waals surface area contributed by atoms with Gasteiger partial charge in [-0.1, -0.05) is 37.6 Å². The first kappa shape index (κ1) is 16.4. The third kappa shape index (κ3) is 4.27. The van der Waals surface area contributed by atoms with E-state index in [9.17, 15) is 4.79 Å². The molecule has 0 bridgehead atoms. The largest absolute Gasteiger partial charge is 0.348 e. The number of carbonyl (C=O) groups is 1. The van der Waals surface area contributed by atoms with E-state index >= 15 is 0 Å². The van der Waals surface area contributed by atoms with E-state index in [4.69, 9.17) is 11.6 Å². The summed E-state index contributed by atoms with van der Waals surface area (Å²) in [6.45, 7) is 8.70. The minimum absolute atomic E-state index is 0.0445. The Morgan fingerprint density at radius 1 is 1.41 bits per heavy atom. The zero-order chi connectivity index (χ0) is 16.3. The molecule has 0 aliphatic carbocycles. The number of carbonyl (C=O) groups excluding carboxylic acids is 1. The predicted molar refractivity (Wildman–Crippen MR) is 84.9 cm³/mol. The zero-order valence-electron chi connectivity index (χ0n) is 13.2. The molecule has 0 radical (unpaired) electrons. The molecule has 0 saturated heterocycles. The van der Waals surface area contributed by atoms with E-state index in [0.29, 0.717) is 17.1 Å². The summed E-state index contributed by atoms with van der Waals surface area (Å²) >= 11 is 5.84. The first-order valence-electron chi connectivity index (χ1n) is 7.08. The van der Waals surface area contributed by atoms with Gasteiger partial charge in [0.2, 0.25) is 0 Å². The number of nitrogens with zero attached hydrogens (tertiary/aromatic N) is 4. The molecule has 0 aliphatic heterocycles. The maximum atomic E-state index is 12.1. The van der Waals surface area contributed by atoms with Gasteiger partial charge in [0.05, 0.1) is 22.8 Å². The van der Waals surface area contributed by atoms with Crippen molar-refractivity contribution < 1.29 is 4.79 Å². The summed E-state index contributed by atoms with van der Waals surface area (Å²) in [7, 11) is 0.